The van der Waals surface area contributed by atoms with Crippen molar-refractivity contribution in [1.82, 2.24) is 0 Å². The number of aliphatic hydroxyl groups is 9. The zero-order chi connectivity index (χ0) is 40.1. The molecule has 9 N–H and O–H groups in total. The molecule has 8 fully saturated rings. The fraction of sp³-hybridized carbons (Fsp3) is 1.00. The van der Waals surface area contributed by atoms with Crippen LogP contribution in [0, 0.1) is 44.8 Å². The van der Waals surface area contributed by atoms with Crippen LogP contribution in [0.15, 0.2) is 0 Å². The molecule has 0 aromatic heterocycles. The fourth-order valence-corrected chi connectivity index (χ4v) is 14.9. The summed E-state index contributed by atoms with van der Waals surface area (Å²) in [5, 5.41) is 97.9. The van der Waals surface area contributed by atoms with E-state index in [0.717, 1.165) is 38.5 Å². The van der Waals surface area contributed by atoms with Gasteiger partial charge in [-0.3, -0.25) is 0 Å². The van der Waals surface area contributed by atoms with E-state index < -0.39 is 96.8 Å². The van der Waals surface area contributed by atoms with Gasteiger partial charge >= 0.3 is 0 Å². The van der Waals surface area contributed by atoms with Gasteiger partial charge in [0.1, 0.15) is 42.7 Å². The molecule has 8 aliphatic rings. The number of rotatable bonds is 7. The topological polar surface area (TPSA) is 228 Å². The minimum absolute atomic E-state index is 0.0193. The van der Waals surface area contributed by atoms with Gasteiger partial charge in [0.2, 0.25) is 0 Å². The third-order valence-corrected chi connectivity index (χ3v) is 17.6. The minimum Gasteiger partial charge on any atom is -0.394 e. The van der Waals surface area contributed by atoms with Crippen molar-refractivity contribution in [2.75, 3.05) is 13.2 Å². The average Bonchev–Trinajstić information content (AvgIpc) is 3.45. The highest BCUT2D eigenvalue weighted by atomic mass is 16.8. The van der Waals surface area contributed by atoms with Crippen molar-refractivity contribution < 1.29 is 69.6 Å². The molecule has 14 nitrogen and oxygen atoms in total. The summed E-state index contributed by atoms with van der Waals surface area (Å²) in [6, 6.07) is 0. The molecule has 3 aliphatic heterocycles. The lowest BCUT2D eigenvalue weighted by molar-refractivity contribution is -0.366. The lowest BCUT2D eigenvalue weighted by Gasteiger charge is -2.64. The van der Waals surface area contributed by atoms with Gasteiger partial charge in [-0.15, -0.1) is 0 Å². The Morgan fingerprint density at radius 1 is 0.709 bits per heavy atom. The van der Waals surface area contributed by atoms with Crippen molar-refractivity contribution in [3.8, 4) is 0 Å². The van der Waals surface area contributed by atoms with Crippen LogP contribution in [0.3, 0.4) is 0 Å². The summed E-state index contributed by atoms with van der Waals surface area (Å²) >= 11 is 0. The van der Waals surface area contributed by atoms with Gasteiger partial charge in [-0.05, 0) is 117 Å². The summed E-state index contributed by atoms with van der Waals surface area (Å²) < 4.78 is 30.9. The highest BCUT2D eigenvalue weighted by Gasteiger charge is 2.85. The van der Waals surface area contributed by atoms with Crippen molar-refractivity contribution in [2.24, 2.45) is 44.8 Å². The lowest BCUT2D eigenvalue weighted by Crippen LogP contribution is -2.64. The first-order valence-electron chi connectivity index (χ1n) is 20.9. The maximum Gasteiger partial charge on any atom is 0.187 e. The Balaban J connectivity index is 1.02. The Labute approximate surface area is 324 Å². The highest BCUT2D eigenvalue weighted by molar-refractivity contribution is 5.33. The molecule has 3 saturated heterocycles. The summed E-state index contributed by atoms with van der Waals surface area (Å²) in [5.74, 6) is 0.0159. The van der Waals surface area contributed by atoms with Crippen LogP contribution in [-0.2, 0) is 23.7 Å². The van der Waals surface area contributed by atoms with Gasteiger partial charge in [0.15, 0.2) is 12.6 Å². The monoisotopic (exact) mass is 784 g/mol. The molecule has 3 heterocycles. The molecule has 5 aliphatic carbocycles. The van der Waals surface area contributed by atoms with E-state index in [-0.39, 0.29) is 52.1 Å². The van der Waals surface area contributed by atoms with Crippen molar-refractivity contribution in [1.29, 1.82) is 0 Å². The van der Waals surface area contributed by atoms with E-state index in [9.17, 15) is 46.0 Å². The smallest absolute Gasteiger partial charge is 0.187 e. The Hall–Kier alpha value is -0.560. The zero-order valence-corrected chi connectivity index (χ0v) is 33.6. The van der Waals surface area contributed by atoms with E-state index >= 15 is 0 Å². The molecule has 21 atom stereocenters. The number of hydrogen-bond acceptors (Lipinski definition) is 14. The van der Waals surface area contributed by atoms with Crippen LogP contribution in [0.5, 0.6) is 0 Å². The Kier molecular flexibility index (Phi) is 9.90. The quantitative estimate of drug-likeness (QED) is 0.162. The second-order valence-corrected chi connectivity index (χ2v) is 21.1. The molecule has 0 radical (unpaired) electrons. The SMILES string of the molecule is CC(C)(O)[C@H]1CC[C@@](C)([C@@H]2[C@H](O)C[C@]3(C)[C@H]4C[C@@H](O)[C@@H]5C(C)(C)[C@H](O[C@H]6OC[C@H](O)[C@@H](O)[C@@H]6O[C@H]6O[C@@H](CO)[C@H](O)[C@@H](O)[C@@H]6O)CC[C@]56C[C@]46CC[C@@]23C)O1. The number of ether oxygens (including phenoxy) is 5. The highest BCUT2D eigenvalue weighted by Crippen LogP contribution is 2.89. The van der Waals surface area contributed by atoms with Crippen molar-refractivity contribution >= 4 is 0 Å². The van der Waals surface area contributed by atoms with Crippen molar-refractivity contribution in [2.45, 2.75) is 197 Å². The Bertz CT molecular complexity index is 1460. The molecule has 0 aromatic rings. The van der Waals surface area contributed by atoms with Crippen LogP contribution in [0.2, 0.25) is 0 Å². The summed E-state index contributed by atoms with van der Waals surface area (Å²) in [5.41, 5.74) is -2.64. The first-order chi connectivity index (χ1) is 25.5. The molecule has 8 rings (SSSR count). The van der Waals surface area contributed by atoms with Crippen LogP contribution in [-0.4, -0.2) is 150 Å². The van der Waals surface area contributed by atoms with Gasteiger partial charge in [0.05, 0.1) is 48.8 Å². The van der Waals surface area contributed by atoms with Gasteiger partial charge in [-0.25, -0.2) is 0 Å². The van der Waals surface area contributed by atoms with Crippen LogP contribution < -0.4 is 0 Å². The maximum absolute atomic E-state index is 12.4. The van der Waals surface area contributed by atoms with Gasteiger partial charge in [-0.1, -0.05) is 27.7 Å². The van der Waals surface area contributed by atoms with E-state index in [0.29, 0.717) is 19.3 Å². The van der Waals surface area contributed by atoms with E-state index in [1.54, 1.807) is 13.8 Å². The normalized spacial score (nSPS) is 58.7. The van der Waals surface area contributed by atoms with Crippen LogP contribution in [0.25, 0.3) is 0 Å². The Morgan fingerprint density at radius 2 is 1.42 bits per heavy atom. The largest absolute Gasteiger partial charge is 0.394 e. The van der Waals surface area contributed by atoms with E-state index in [2.05, 4.69) is 34.6 Å². The molecule has 55 heavy (non-hydrogen) atoms. The molecule has 0 aromatic carbocycles. The first kappa shape index (κ1) is 41.2. The number of fused-ring (bicyclic) bond motifs is 2. The van der Waals surface area contributed by atoms with Gasteiger partial charge in [-0.2, -0.15) is 0 Å². The second kappa shape index (κ2) is 13.2. The molecule has 2 spiro atoms. The van der Waals surface area contributed by atoms with Crippen LogP contribution in [0.1, 0.15) is 106 Å². The third-order valence-electron chi connectivity index (χ3n) is 17.6. The third kappa shape index (κ3) is 5.70. The Morgan fingerprint density at radius 3 is 2.07 bits per heavy atom. The van der Waals surface area contributed by atoms with Gasteiger partial charge in [0.25, 0.3) is 0 Å². The second-order valence-electron chi connectivity index (χ2n) is 21.1. The summed E-state index contributed by atoms with van der Waals surface area (Å²) in [6.07, 6.45) is -7.87. The molecule has 5 saturated carbocycles. The van der Waals surface area contributed by atoms with Crippen LogP contribution >= 0.6 is 0 Å². The molecule has 316 valence electrons. The molecule has 0 unspecified atom stereocenters. The summed E-state index contributed by atoms with van der Waals surface area (Å²) in [6.45, 7) is 13.8. The molecular weight excluding hydrogens is 716 g/mol. The summed E-state index contributed by atoms with van der Waals surface area (Å²) in [4.78, 5) is 0. The number of hydrogen-bond donors (Lipinski definition) is 9. The molecule has 14 heteroatoms. The van der Waals surface area contributed by atoms with E-state index in [1.807, 2.05) is 0 Å². The van der Waals surface area contributed by atoms with Gasteiger partial charge < -0.3 is 69.6 Å². The van der Waals surface area contributed by atoms with Crippen molar-refractivity contribution in [3.63, 3.8) is 0 Å². The standard InChI is InChI=1S/C41H68O14/c1-35(2)24(53-34-30(26(46)21(45)17-51-34)54-33-29(49)28(48)27(47)22(16-42)52-33)9-11-41-18-40(41)13-12-37(5)32(39(7)10-8-25(55-39)36(3,4)50)20(44)15-38(37,6)23(40)14-19(43)31(35)41/h19-34,42-50H,8-18H2,1-7H3/t19-,20-,21+,22+,23-,24-,25-,26-,27+,28-,29+,30+,31-,32-,33-,34-,37+,38-,39+,40-,41+/m1/s1. The molecular formula is C41H68O14. The van der Waals surface area contributed by atoms with E-state index in [1.165, 1.54) is 0 Å². The lowest BCUT2D eigenvalue weighted by atomic mass is 9.41. The number of aliphatic hydroxyl groups excluding tert-OH is 8. The summed E-state index contributed by atoms with van der Waals surface area (Å²) in [7, 11) is 0. The average molecular weight is 785 g/mol. The van der Waals surface area contributed by atoms with E-state index in [4.69, 9.17) is 23.7 Å². The predicted molar refractivity (Wildman–Crippen MR) is 194 cm³/mol. The predicted octanol–water partition coefficient (Wildman–Crippen LogP) is 0.724. The fourth-order valence-electron chi connectivity index (χ4n) is 14.9. The van der Waals surface area contributed by atoms with Crippen molar-refractivity contribution in [3.05, 3.63) is 0 Å². The minimum atomic E-state index is -1.72. The van der Waals surface area contributed by atoms with Gasteiger partial charge in [0, 0.05) is 5.92 Å². The zero-order valence-electron chi connectivity index (χ0n) is 33.6. The molecule has 0 bridgehead atoms. The first-order valence-corrected chi connectivity index (χ1v) is 20.9. The van der Waals surface area contributed by atoms with Crippen LogP contribution in [0.4, 0.5) is 0 Å². The molecule has 0 amide bonds. The maximum atomic E-state index is 12.4.